The van der Waals surface area contributed by atoms with Gasteiger partial charge in [0, 0.05) is 31.1 Å². The van der Waals surface area contributed by atoms with E-state index in [0.29, 0.717) is 0 Å². The Balaban J connectivity index is 1.95. The van der Waals surface area contributed by atoms with Gasteiger partial charge in [-0.1, -0.05) is 30.7 Å². The standard InChI is InChI=1S/C16H21ClN4/c1-3-4-14-20-15(18-2)11-16(21-14)19-10-9-12-5-7-13(17)8-6-12/h5-8,11H,3-4,9-10H2,1-2H3,(H2,18,19,20,21). The fourth-order valence-corrected chi connectivity index (χ4v) is 2.16. The number of aryl methyl sites for hydroxylation is 1. The molecule has 1 aromatic carbocycles. The minimum Gasteiger partial charge on any atom is -0.373 e. The van der Waals surface area contributed by atoms with Crippen LogP contribution in [0.5, 0.6) is 0 Å². The van der Waals surface area contributed by atoms with Crippen molar-refractivity contribution in [2.24, 2.45) is 0 Å². The Morgan fingerprint density at radius 3 is 2.43 bits per heavy atom. The molecule has 2 aromatic rings. The van der Waals surface area contributed by atoms with Gasteiger partial charge in [0.1, 0.15) is 17.5 Å². The first-order valence-electron chi connectivity index (χ1n) is 7.25. The number of hydrogen-bond donors (Lipinski definition) is 2. The molecular formula is C16H21ClN4. The van der Waals surface area contributed by atoms with Gasteiger partial charge in [-0.15, -0.1) is 0 Å². The van der Waals surface area contributed by atoms with Crippen LogP contribution >= 0.6 is 11.6 Å². The molecule has 0 fully saturated rings. The van der Waals surface area contributed by atoms with Crippen LogP contribution in [0.4, 0.5) is 11.6 Å². The Hall–Kier alpha value is -1.81. The van der Waals surface area contributed by atoms with Crippen LogP contribution in [0.15, 0.2) is 30.3 Å². The van der Waals surface area contributed by atoms with E-state index in [1.807, 2.05) is 37.4 Å². The quantitative estimate of drug-likeness (QED) is 0.817. The van der Waals surface area contributed by atoms with E-state index >= 15 is 0 Å². The maximum absolute atomic E-state index is 5.88. The number of rotatable bonds is 7. The zero-order valence-corrected chi connectivity index (χ0v) is 13.2. The summed E-state index contributed by atoms with van der Waals surface area (Å²) >= 11 is 5.88. The SMILES string of the molecule is CCCc1nc(NC)cc(NCCc2ccc(Cl)cc2)n1. The van der Waals surface area contributed by atoms with Crippen molar-refractivity contribution in [2.75, 3.05) is 24.2 Å². The average Bonchev–Trinajstić information content (AvgIpc) is 2.49. The number of nitrogens with one attached hydrogen (secondary N) is 2. The summed E-state index contributed by atoms with van der Waals surface area (Å²) in [7, 11) is 1.87. The van der Waals surface area contributed by atoms with Gasteiger partial charge in [0.15, 0.2) is 0 Å². The van der Waals surface area contributed by atoms with Crippen molar-refractivity contribution >= 4 is 23.2 Å². The molecule has 1 heterocycles. The van der Waals surface area contributed by atoms with Crippen LogP contribution in [0.1, 0.15) is 24.7 Å². The summed E-state index contributed by atoms with van der Waals surface area (Å²) in [6.45, 7) is 2.95. The summed E-state index contributed by atoms with van der Waals surface area (Å²) in [4.78, 5) is 8.97. The molecule has 0 atom stereocenters. The van der Waals surface area contributed by atoms with Crippen LogP contribution < -0.4 is 10.6 Å². The molecule has 0 spiro atoms. The molecule has 5 heteroatoms. The zero-order chi connectivity index (χ0) is 15.1. The molecule has 0 aliphatic carbocycles. The summed E-state index contributed by atoms with van der Waals surface area (Å²) in [6.07, 6.45) is 2.86. The van der Waals surface area contributed by atoms with Crippen LogP contribution in [-0.2, 0) is 12.8 Å². The molecule has 0 bridgehead atoms. The van der Waals surface area contributed by atoms with E-state index in [2.05, 4.69) is 27.5 Å². The smallest absolute Gasteiger partial charge is 0.133 e. The third kappa shape index (κ3) is 4.90. The number of halogens is 1. The van der Waals surface area contributed by atoms with E-state index in [-0.39, 0.29) is 0 Å². The van der Waals surface area contributed by atoms with E-state index < -0.39 is 0 Å². The fourth-order valence-electron chi connectivity index (χ4n) is 2.04. The molecule has 0 unspecified atom stereocenters. The van der Waals surface area contributed by atoms with Crippen LogP contribution in [0, 0.1) is 0 Å². The molecule has 2 rings (SSSR count). The number of nitrogens with zero attached hydrogens (tertiary/aromatic N) is 2. The van der Waals surface area contributed by atoms with E-state index in [1.54, 1.807) is 0 Å². The van der Waals surface area contributed by atoms with Gasteiger partial charge < -0.3 is 10.6 Å². The Labute approximate surface area is 131 Å². The Bertz CT molecular complexity index is 569. The molecule has 0 saturated carbocycles. The fraction of sp³-hybridized carbons (Fsp3) is 0.375. The molecule has 21 heavy (non-hydrogen) atoms. The van der Waals surface area contributed by atoms with Gasteiger partial charge >= 0.3 is 0 Å². The third-order valence-electron chi connectivity index (χ3n) is 3.14. The van der Waals surface area contributed by atoms with Crippen LogP contribution in [0.3, 0.4) is 0 Å². The van der Waals surface area contributed by atoms with Gasteiger partial charge in [-0.3, -0.25) is 0 Å². The lowest BCUT2D eigenvalue weighted by molar-refractivity contribution is 0.834. The highest BCUT2D eigenvalue weighted by Crippen LogP contribution is 2.13. The van der Waals surface area contributed by atoms with Crippen molar-refractivity contribution in [1.82, 2.24) is 9.97 Å². The summed E-state index contributed by atoms with van der Waals surface area (Å²) in [6, 6.07) is 9.86. The molecule has 0 aliphatic heterocycles. The molecular weight excluding hydrogens is 284 g/mol. The molecule has 0 amide bonds. The largest absolute Gasteiger partial charge is 0.373 e. The highest BCUT2D eigenvalue weighted by molar-refractivity contribution is 6.30. The highest BCUT2D eigenvalue weighted by atomic mass is 35.5. The third-order valence-corrected chi connectivity index (χ3v) is 3.39. The Morgan fingerprint density at radius 2 is 1.76 bits per heavy atom. The van der Waals surface area contributed by atoms with Gasteiger partial charge in [-0.25, -0.2) is 9.97 Å². The van der Waals surface area contributed by atoms with Crippen LogP contribution in [0.2, 0.25) is 5.02 Å². The van der Waals surface area contributed by atoms with Crippen molar-refractivity contribution in [1.29, 1.82) is 0 Å². The normalized spacial score (nSPS) is 10.4. The van der Waals surface area contributed by atoms with Gasteiger partial charge in [0.2, 0.25) is 0 Å². The summed E-state index contributed by atoms with van der Waals surface area (Å²) in [5, 5.41) is 7.20. The summed E-state index contributed by atoms with van der Waals surface area (Å²) < 4.78 is 0. The molecule has 1 aromatic heterocycles. The van der Waals surface area contributed by atoms with Crippen molar-refractivity contribution in [3.8, 4) is 0 Å². The zero-order valence-electron chi connectivity index (χ0n) is 12.5. The first-order valence-corrected chi connectivity index (χ1v) is 7.63. The minimum absolute atomic E-state index is 0.769. The van der Waals surface area contributed by atoms with Crippen LogP contribution in [0.25, 0.3) is 0 Å². The van der Waals surface area contributed by atoms with Crippen molar-refractivity contribution in [3.05, 3.63) is 46.7 Å². The number of benzene rings is 1. The molecule has 0 aliphatic rings. The van der Waals surface area contributed by atoms with E-state index in [1.165, 1.54) is 5.56 Å². The Kier molecular flexibility index (Phi) is 5.81. The average molecular weight is 305 g/mol. The lowest BCUT2D eigenvalue weighted by Crippen LogP contribution is -2.09. The predicted octanol–water partition coefficient (Wildman–Crippen LogP) is 3.78. The van der Waals surface area contributed by atoms with Gasteiger partial charge in [0.05, 0.1) is 0 Å². The molecule has 0 saturated heterocycles. The molecule has 0 radical (unpaired) electrons. The van der Waals surface area contributed by atoms with Gasteiger partial charge in [-0.05, 0) is 30.5 Å². The first-order chi connectivity index (χ1) is 10.2. The lowest BCUT2D eigenvalue weighted by atomic mass is 10.1. The second-order valence-electron chi connectivity index (χ2n) is 4.86. The second-order valence-corrected chi connectivity index (χ2v) is 5.29. The highest BCUT2D eigenvalue weighted by Gasteiger charge is 2.03. The van der Waals surface area contributed by atoms with Crippen molar-refractivity contribution < 1.29 is 0 Å². The molecule has 4 nitrogen and oxygen atoms in total. The topological polar surface area (TPSA) is 49.8 Å². The monoisotopic (exact) mass is 304 g/mol. The van der Waals surface area contributed by atoms with E-state index in [0.717, 1.165) is 48.3 Å². The van der Waals surface area contributed by atoms with E-state index in [9.17, 15) is 0 Å². The number of anilines is 2. The maximum atomic E-state index is 5.88. The van der Waals surface area contributed by atoms with E-state index in [4.69, 9.17) is 11.6 Å². The van der Waals surface area contributed by atoms with Crippen LogP contribution in [-0.4, -0.2) is 23.6 Å². The van der Waals surface area contributed by atoms with Crippen molar-refractivity contribution in [3.63, 3.8) is 0 Å². The lowest BCUT2D eigenvalue weighted by Gasteiger charge is -2.09. The minimum atomic E-state index is 0.769. The Morgan fingerprint density at radius 1 is 1.05 bits per heavy atom. The number of hydrogen-bond acceptors (Lipinski definition) is 4. The van der Waals surface area contributed by atoms with Crippen molar-refractivity contribution in [2.45, 2.75) is 26.2 Å². The number of aromatic nitrogens is 2. The maximum Gasteiger partial charge on any atom is 0.133 e. The summed E-state index contributed by atoms with van der Waals surface area (Å²) in [5.74, 6) is 2.59. The predicted molar refractivity (Wildman–Crippen MR) is 89.2 cm³/mol. The van der Waals surface area contributed by atoms with Gasteiger partial charge in [0.25, 0.3) is 0 Å². The summed E-state index contributed by atoms with van der Waals surface area (Å²) in [5.41, 5.74) is 1.25. The molecule has 112 valence electrons. The second kappa shape index (κ2) is 7.84. The first kappa shape index (κ1) is 15.6. The van der Waals surface area contributed by atoms with Gasteiger partial charge in [-0.2, -0.15) is 0 Å². The molecule has 2 N–H and O–H groups in total.